The topological polar surface area (TPSA) is 377 Å². The van der Waals surface area contributed by atoms with Gasteiger partial charge in [-0.1, -0.05) is 13.8 Å². The van der Waals surface area contributed by atoms with Crippen LogP contribution in [0.3, 0.4) is 0 Å². The Bertz CT molecular complexity index is 2440. The Labute approximate surface area is 488 Å². The molecule has 28 nitrogen and oxygen atoms in total. The minimum absolute atomic E-state index is 0.00730. The molecule has 0 aromatic carbocycles. The minimum atomic E-state index is -0.799. The highest BCUT2D eigenvalue weighted by Crippen LogP contribution is 2.20. The van der Waals surface area contributed by atoms with Crippen molar-refractivity contribution in [1.29, 1.82) is 0 Å². The van der Waals surface area contributed by atoms with Gasteiger partial charge in [-0.15, -0.1) is 0 Å². The molecule has 4 atom stereocenters. The van der Waals surface area contributed by atoms with Crippen LogP contribution in [0, 0.1) is 11.8 Å². The van der Waals surface area contributed by atoms with Gasteiger partial charge in [0, 0.05) is 167 Å². The number of hydrogen-bond donors (Lipinski definition) is 6. The first-order valence-corrected chi connectivity index (χ1v) is 28.6. The molecule has 0 spiro atoms. The third kappa shape index (κ3) is 25.7. The molecular formula is C56H82N10O18. The van der Waals surface area contributed by atoms with E-state index in [9.17, 15) is 76.7 Å². The second-order valence-electron chi connectivity index (χ2n) is 20.4. The molecule has 2 saturated heterocycles. The molecule has 4 heterocycles. The van der Waals surface area contributed by atoms with E-state index in [1.807, 2.05) is 0 Å². The highest BCUT2D eigenvalue weighted by molar-refractivity contribution is 6.13. The number of nitrogens with one attached hydrogen (secondary N) is 6. The van der Waals surface area contributed by atoms with Crippen LogP contribution in [0.5, 0.6) is 0 Å². The molecule has 2 fully saturated rings. The maximum Gasteiger partial charge on any atom is 0.253 e. The van der Waals surface area contributed by atoms with E-state index in [2.05, 4.69) is 31.9 Å². The zero-order valence-corrected chi connectivity index (χ0v) is 48.6. The fourth-order valence-corrected chi connectivity index (χ4v) is 8.89. The zero-order valence-electron chi connectivity index (χ0n) is 48.6. The molecule has 4 rings (SSSR count). The van der Waals surface area contributed by atoms with Crippen LogP contribution in [0.2, 0.25) is 0 Å². The van der Waals surface area contributed by atoms with Crippen LogP contribution in [-0.4, -0.2) is 206 Å². The summed E-state index contributed by atoms with van der Waals surface area (Å²) in [5.41, 5.74) is 0. The SMILES string of the molecule is CNC(=O)CCOCCCC(=O)C(CCCCNC(=O)CCN1C(=O)C=CC1=O)NC(=O)CCN1C(=O)C=CC1=O.CNC(=O)CCOCCCC(=O)C(CCCCNC(=O)CCN1C(=O)CC(C)C1=O)NC(=O)CCN1C(=O)CC(C)C1=O. The predicted octanol–water partition coefficient (Wildman–Crippen LogP) is -1.28. The van der Waals surface area contributed by atoms with Gasteiger partial charge in [0.05, 0.1) is 25.3 Å². The highest BCUT2D eigenvalue weighted by Gasteiger charge is 2.37. The fraction of sp³-hybridized carbons (Fsp3) is 0.643. The number of amides is 14. The average molecular weight is 1180 g/mol. The van der Waals surface area contributed by atoms with E-state index in [0.717, 1.165) is 43.9 Å². The normalized spacial score (nSPS) is 17.1. The lowest BCUT2D eigenvalue weighted by atomic mass is 10.0. The smallest absolute Gasteiger partial charge is 0.253 e. The lowest BCUT2D eigenvalue weighted by Gasteiger charge is -2.19. The number of likely N-dealkylation sites (tertiary alicyclic amines) is 2. The van der Waals surface area contributed by atoms with Crippen molar-refractivity contribution in [2.75, 3.05) is 79.8 Å². The van der Waals surface area contributed by atoms with Crippen LogP contribution >= 0.6 is 0 Å². The highest BCUT2D eigenvalue weighted by atomic mass is 16.5. The summed E-state index contributed by atoms with van der Waals surface area (Å²) in [5.74, 6) is -6.06. The van der Waals surface area contributed by atoms with E-state index in [0.29, 0.717) is 64.5 Å². The van der Waals surface area contributed by atoms with Gasteiger partial charge >= 0.3 is 0 Å². The first-order valence-electron chi connectivity index (χ1n) is 28.6. The quantitative estimate of drug-likeness (QED) is 0.0307. The third-order valence-electron chi connectivity index (χ3n) is 13.8. The number of nitrogens with zero attached hydrogens (tertiary/aromatic N) is 4. The molecule has 464 valence electrons. The molecule has 6 N–H and O–H groups in total. The standard InChI is InChI=1S/C29H45N5O9.C27H37N5O9/c1-19-17-26(39)33(28(19)41)13-9-24(37)31-12-5-4-7-21(22(35)8-6-15-43-16-11-23(36)30-3)32-25(38)10-14-34-27(40)18-20(2)29(34)42;1-28-21(34)13-18-41-17-4-6-20(33)19(30-23(36)12-16-32-26(39)9-10-27(32)40)5-2-3-14-29-22(35)11-15-31-24(37)7-8-25(31)38/h19-21H,4-18H2,1-3H3,(H,30,36)(H,31,37)(H,32,38);7-10,19H,2-6,11-18H2,1H3,(H,28,34)(H,29,35)(H,30,36). The van der Waals surface area contributed by atoms with Crippen molar-refractivity contribution >= 4 is 94.3 Å². The Balaban J connectivity index is 0.000000441. The molecule has 14 amide bonds. The largest absolute Gasteiger partial charge is 0.381 e. The van der Waals surface area contributed by atoms with Gasteiger partial charge in [0.2, 0.25) is 59.1 Å². The lowest BCUT2D eigenvalue weighted by Crippen LogP contribution is -2.42. The van der Waals surface area contributed by atoms with Crippen LogP contribution < -0.4 is 31.9 Å². The molecular weight excluding hydrogens is 1100 g/mol. The molecule has 4 unspecified atom stereocenters. The number of Topliss-reactive ketones (excluding diaryl/α,β-unsaturated/α-hetero) is 2. The van der Waals surface area contributed by atoms with E-state index in [4.69, 9.17) is 9.47 Å². The summed E-state index contributed by atoms with van der Waals surface area (Å²) in [6.07, 6.45) is 8.76. The third-order valence-corrected chi connectivity index (χ3v) is 13.8. The fourth-order valence-electron chi connectivity index (χ4n) is 8.89. The Morgan fingerprint density at radius 1 is 0.429 bits per heavy atom. The molecule has 0 aromatic heterocycles. The van der Waals surface area contributed by atoms with E-state index < -0.39 is 53.4 Å². The monoisotopic (exact) mass is 1180 g/mol. The van der Waals surface area contributed by atoms with Gasteiger partial charge in [0.25, 0.3) is 23.6 Å². The number of carbonyl (C=O) groups excluding carboxylic acids is 16. The summed E-state index contributed by atoms with van der Waals surface area (Å²) in [5, 5.41) is 15.9. The lowest BCUT2D eigenvalue weighted by molar-refractivity contribution is -0.141. The maximum absolute atomic E-state index is 13.0. The first kappa shape index (κ1) is 70.4. The number of carbonyl (C=O) groups is 16. The van der Waals surface area contributed by atoms with Crippen LogP contribution in [0.25, 0.3) is 0 Å². The summed E-state index contributed by atoms with van der Waals surface area (Å²) in [7, 11) is 3.06. The summed E-state index contributed by atoms with van der Waals surface area (Å²) < 4.78 is 10.8. The molecule has 28 heteroatoms. The van der Waals surface area contributed by atoms with Crippen molar-refractivity contribution in [3.05, 3.63) is 24.3 Å². The molecule has 0 aliphatic carbocycles. The van der Waals surface area contributed by atoms with Crippen molar-refractivity contribution in [2.45, 2.75) is 142 Å². The van der Waals surface area contributed by atoms with Gasteiger partial charge in [-0.2, -0.15) is 0 Å². The Hall–Kier alpha value is -7.88. The van der Waals surface area contributed by atoms with Crippen LogP contribution in [0.15, 0.2) is 24.3 Å². The summed E-state index contributed by atoms with van der Waals surface area (Å²) in [4.78, 5) is 196. The molecule has 0 saturated carbocycles. The van der Waals surface area contributed by atoms with Crippen molar-refractivity contribution in [1.82, 2.24) is 51.5 Å². The summed E-state index contributed by atoms with van der Waals surface area (Å²) >= 11 is 0. The first-order chi connectivity index (χ1) is 40.1. The average Bonchev–Trinajstić information content (AvgIpc) is 4.37. The molecule has 4 aliphatic heterocycles. The molecule has 0 aromatic rings. The van der Waals surface area contributed by atoms with Crippen LogP contribution in [-0.2, 0) is 86.2 Å². The van der Waals surface area contributed by atoms with Crippen LogP contribution in [0.4, 0.5) is 0 Å². The Morgan fingerprint density at radius 2 is 0.762 bits per heavy atom. The van der Waals surface area contributed by atoms with Crippen molar-refractivity contribution in [3.8, 4) is 0 Å². The number of unbranched alkanes of at least 4 members (excludes halogenated alkanes) is 2. The van der Waals surface area contributed by atoms with Crippen molar-refractivity contribution in [2.24, 2.45) is 11.8 Å². The number of rotatable bonds is 40. The molecule has 0 bridgehead atoms. The van der Waals surface area contributed by atoms with E-state index >= 15 is 0 Å². The van der Waals surface area contributed by atoms with Gasteiger partial charge in [0.1, 0.15) is 0 Å². The summed E-state index contributed by atoms with van der Waals surface area (Å²) in [6.45, 7) is 4.85. The zero-order chi connectivity index (χ0) is 62.1. The number of imide groups is 4. The molecule has 84 heavy (non-hydrogen) atoms. The maximum atomic E-state index is 13.0. The molecule has 4 aliphatic rings. The number of hydrogen-bond acceptors (Lipinski definition) is 18. The van der Waals surface area contributed by atoms with Crippen molar-refractivity contribution < 1.29 is 86.2 Å². The van der Waals surface area contributed by atoms with E-state index in [1.165, 1.54) is 14.1 Å². The van der Waals surface area contributed by atoms with E-state index in [1.54, 1.807) is 13.8 Å². The van der Waals surface area contributed by atoms with Gasteiger partial charge in [0.15, 0.2) is 11.6 Å². The van der Waals surface area contributed by atoms with Gasteiger partial charge in [-0.05, 0) is 51.4 Å². The predicted molar refractivity (Wildman–Crippen MR) is 296 cm³/mol. The second-order valence-corrected chi connectivity index (χ2v) is 20.4. The Morgan fingerprint density at radius 3 is 1.08 bits per heavy atom. The minimum Gasteiger partial charge on any atom is -0.381 e. The summed E-state index contributed by atoms with van der Waals surface area (Å²) in [6, 6.07) is -1.58. The second kappa shape index (κ2) is 38.1. The van der Waals surface area contributed by atoms with E-state index in [-0.39, 0.29) is 182 Å². The number of ketones is 2. The van der Waals surface area contributed by atoms with Gasteiger partial charge in [-0.25, -0.2) is 0 Å². The number of ether oxygens (including phenoxy) is 2. The van der Waals surface area contributed by atoms with Crippen molar-refractivity contribution in [3.63, 3.8) is 0 Å². The van der Waals surface area contributed by atoms with Gasteiger partial charge < -0.3 is 41.4 Å². The van der Waals surface area contributed by atoms with Gasteiger partial charge in [-0.3, -0.25) is 96.3 Å². The molecule has 0 radical (unpaired) electrons. The van der Waals surface area contributed by atoms with Crippen LogP contribution in [0.1, 0.15) is 129 Å². The Kier molecular flexibility index (Phi) is 31.9.